The van der Waals surface area contributed by atoms with Gasteiger partial charge in [-0.1, -0.05) is 45.4 Å². The van der Waals surface area contributed by atoms with E-state index in [1.54, 1.807) is 6.07 Å². The van der Waals surface area contributed by atoms with Crippen molar-refractivity contribution in [3.05, 3.63) is 27.8 Å². The molecule has 0 aliphatic heterocycles. The molecule has 1 aromatic rings. The van der Waals surface area contributed by atoms with E-state index in [1.807, 2.05) is 0 Å². The van der Waals surface area contributed by atoms with Crippen molar-refractivity contribution in [2.75, 3.05) is 13.7 Å². The van der Waals surface area contributed by atoms with Crippen LogP contribution < -0.4 is 20.2 Å². The minimum absolute atomic E-state index is 0.144. The molecule has 2 N–H and O–H groups in total. The zero-order valence-corrected chi connectivity index (χ0v) is 18.6. The lowest BCUT2D eigenvalue weighted by Gasteiger charge is -2.23. The fraction of sp³-hybridized carbons (Fsp3) is 0.619. The maximum absolute atomic E-state index is 11.6. The quantitative estimate of drug-likeness (QED) is 0.171. The lowest BCUT2D eigenvalue weighted by molar-refractivity contribution is -0.386. The summed E-state index contributed by atoms with van der Waals surface area (Å²) in [4.78, 5) is 11.1. The maximum atomic E-state index is 11.6. The highest BCUT2D eigenvalue weighted by Crippen LogP contribution is 2.38. The SMILES string of the molecule is CCCCCCOc1c(OC)cc(/C=N\NC(=S)NC2CCCCC2)cc1[N+](=O)[O-]. The van der Waals surface area contributed by atoms with E-state index in [-0.39, 0.29) is 11.4 Å². The van der Waals surface area contributed by atoms with Gasteiger partial charge in [-0.3, -0.25) is 15.5 Å². The fourth-order valence-electron chi connectivity index (χ4n) is 3.45. The molecule has 0 bridgehead atoms. The number of thiocarbonyl (C=S) groups is 1. The van der Waals surface area contributed by atoms with E-state index in [0.29, 0.717) is 29.1 Å². The molecule has 0 aromatic heterocycles. The van der Waals surface area contributed by atoms with Gasteiger partial charge < -0.3 is 14.8 Å². The molecule has 2 rings (SSSR count). The highest BCUT2D eigenvalue weighted by molar-refractivity contribution is 7.80. The molecular weight excluding hydrogens is 404 g/mol. The van der Waals surface area contributed by atoms with Gasteiger partial charge in [-0.15, -0.1) is 0 Å². The van der Waals surface area contributed by atoms with Crippen LogP contribution in [0.1, 0.15) is 70.3 Å². The summed E-state index contributed by atoms with van der Waals surface area (Å²) in [6.45, 7) is 2.54. The number of unbranched alkanes of at least 4 members (excludes halogenated alkanes) is 3. The van der Waals surface area contributed by atoms with E-state index in [1.165, 1.54) is 38.7 Å². The number of methoxy groups -OCH3 is 1. The van der Waals surface area contributed by atoms with Crippen molar-refractivity contribution < 1.29 is 14.4 Å². The van der Waals surface area contributed by atoms with Crippen LogP contribution in [0.25, 0.3) is 0 Å². The van der Waals surface area contributed by atoms with Crippen LogP contribution in [0.2, 0.25) is 0 Å². The summed E-state index contributed by atoms with van der Waals surface area (Å²) in [6, 6.07) is 3.47. The second-order valence-corrected chi connectivity index (χ2v) is 7.82. The second-order valence-electron chi connectivity index (χ2n) is 7.42. The molecule has 8 nitrogen and oxygen atoms in total. The Morgan fingerprint density at radius 1 is 1.30 bits per heavy atom. The number of hydrazone groups is 1. The smallest absolute Gasteiger partial charge is 0.315 e. The van der Waals surface area contributed by atoms with Gasteiger partial charge in [0.1, 0.15) is 0 Å². The zero-order chi connectivity index (χ0) is 21.8. The van der Waals surface area contributed by atoms with Crippen molar-refractivity contribution in [1.82, 2.24) is 10.7 Å². The first kappa shape index (κ1) is 23.9. The largest absolute Gasteiger partial charge is 0.493 e. The Bertz CT molecular complexity index is 736. The van der Waals surface area contributed by atoms with E-state index >= 15 is 0 Å². The first-order valence-corrected chi connectivity index (χ1v) is 11.0. The number of benzene rings is 1. The molecule has 1 aliphatic rings. The number of nitro benzene ring substituents is 1. The monoisotopic (exact) mass is 436 g/mol. The van der Waals surface area contributed by atoms with Crippen molar-refractivity contribution in [2.24, 2.45) is 5.10 Å². The van der Waals surface area contributed by atoms with Gasteiger partial charge in [-0.2, -0.15) is 5.10 Å². The molecular formula is C21H32N4O4S. The van der Waals surface area contributed by atoms with Crippen LogP contribution in [-0.2, 0) is 0 Å². The van der Waals surface area contributed by atoms with Gasteiger partial charge in [0, 0.05) is 17.7 Å². The van der Waals surface area contributed by atoms with Crippen LogP contribution in [0, 0.1) is 10.1 Å². The molecule has 1 saturated carbocycles. The predicted octanol–water partition coefficient (Wildman–Crippen LogP) is 4.69. The predicted molar refractivity (Wildman–Crippen MR) is 123 cm³/mol. The summed E-state index contributed by atoms with van der Waals surface area (Å²) >= 11 is 5.28. The summed E-state index contributed by atoms with van der Waals surface area (Å²) in [6.07, 6.45) is 11.5. The van der Waals surface area contributed by atoms with Crippen LogP contribution in [0.15, 0.2) is 17.2 Å². The molecule has 0 radical (unpaired) electrons. The van der Waals surface area contributed by atoms with Gasteiger partial charge in [0.2, 0.25) is 5.75 Å². The van der Waals surface area contributed by atoms with Gasteiger partial charge in [-0.25, -0.2) is 0 Å². The van der Waals surface area contributed by atoms with Crippen molar-refractivity contribution in [3.8, 4) is 11.5 Å². The Balaban J connectivity index is 2.01. The standard InChI is InChI=1S/C21H32N4O4S/c1-3-4-5-9-12-29-20-18(25(26)27)13-16(14-19(20)28-2)15-22-24-21(30)23-17-10-7-6-8-11-17/h13-15,17H,3-12H2,1-2H3,(H2,23,24,30)/b22-15-. The number of hydrogen-bond donors (Lipinski definition) is 2. The van der Waals surface area contributed by atoms with E-state index in [2.05, 4.69) is 22.8 Å². The third-order valence-electron chi connectivity index (χ3n) is 5.04. The molecule has 1 fully saturated rings. The first-order valence-electron chi connectivity index (χ1n) is 10.6. The molecule has 1 aromatic carbocycles. The summed E-state index contributed by atoms with van der Waals surface area (Å²) in [5.74, 6) is 0.461. The summed E-state index contributed by atoms with van der Waals surface area (Å²) in [7, 11) is 1.46. The number of nitrogens with one attached hydrogen (secondary N) is 2. The van der Waals surface area contributed by atoms with E-state index < -0.39 is 4.92 Å². The molecule has 1 aliphatic carbocycles. The Morgan fingerprint density at radius 3 is 2.73 bits per heavy atom. The number of ether oxygens (including phenoxy) is 2. The molecule has 0 saturated heterocycles. The molecule has 9 heteroatoms. The van der Waals surface area contributed by atoms with Crippen LogP contribution in [0.4, 0.5) is 5.69 Å². The second kappa shape index (κ2) is 13.0. The zero-order valence-electron chi connectivity index (χ0n) is 17.8. The third-order valence-corrected chi connectivity index (χ3v) is 5.25. The highest BCUT2D eigenvalue weighted by atomic mass is 32.1. The minimum atomic E-state index is -0.468. The minimum Gasteiger partial charge on any atom is -0.493 e. The third kappa shape index (κ3) is 7.78. The lowest BCUT2D eigenvalue weighted by atomic mass is 9.96. The average Bonchev–Trinajstić information content (AvgIpc) is 2.74. The molecule has 0 amide bonds. The van der Waals surface area contributed by atoms with Gasteiger partial charge >= 0.3 is 5.69 Å². The molecule has 0 spiro atoms. The Morgan fingerprint density at radius 2 is 2.07 bits per heavy atom. The van der Waals surface area contributed by atoms with Crippen molar-refractivity contribution in [2.45, 2.75) is 70.8 Å². The molecule has 30 heavy (non-hydrogen) atoms. The van der Waals surface area contributed by atoms with Crippen LogP contribution in [0.5, 0.6) is 11.5 Å². The van der Waals surface area contributed by atoms with Crippen LogP contribution in [-0.4, -0.2) is 36.0 Å². The molecule has 0 atom stereocenters. The summed E-state index contributed by atoms with van der Waals surface area (Å²) in [5.41, 5.74) is 3.16. The lowest BCUT2D eigenvalue weighted by Crippen LogP contribution is -2.40. The van der Waals surface area contributed by atoms with Gasteiger partial charge in [0.15, 0.2) is 10.9 Å². The average molecular weight is 437 g/mol. The van der Waals surface area contributed by atoms with Gasteiger partial charge in [0.05, 0.1) is 24.9 Å². The number of nitro groups is 1. The Hall–Kier alpha value is -2.42. The van der Waals surface area contributed by atoms with Crippen molar-refractivity contribution in [3.63, 3.8) is 0 Å². The van der Waals surface area contributed by atoms with Crippen molar-refractivity contribution in [1.29, 1.82) is 0 Å². The maximum Gasteiger partial charge on any atom is 0.315 e. The topological polar surface area (TPSA) is 98.0 Å². The Kier molecular flexibility index (Phi) is 10.3. The number of rotatable bonds is 11. The van der Waals surface area contributed by atoms with E-state index in [9.17, 15) is 10.1 Å². The van der Waals surface area contributed by atoms with Gasteiger partial charge in [0.25, 0.3) is 0 Å². The van der Waals surface area contributed by atoms with Crippen molar-refractivity contribution >= 4 is 29.2 Å². The molecule has 166 valence electrons. The first-order chi connectivity index (χ1) is 14.5. The molecule has 0 heterocycles. The van der Waals surface area contributed by atoms with E-state index in [4.69, 9.17) is 21.7 Å². The number of hydrogen-bond acceptors (Lipinski definition) is 6. The number of nitrogens with zero attached hydrogens (tertiary/aromatic N) is 2. The van der Waals surface area contributed by atoms with Crippen LogP contribution >= 0.6 is 12.2 Å². The highest BCUT2D eigenvalue weighted by Gasteiger charge is 2.22. The summed E-state index contributed by atoms with van der Waals surface area (Å²) < 4.78 is 11.0. The summed E-state index contributed by atoms with van der Waals surface area (Å²) in [5, 5.41) is 19.4. The molecule has 0 unspecified atom stereocenters. The van der Waals surface area contributed by atoms with E-state index in [0.717, 1.165) is 38.5 Å². The Labute approximate surface area is 183 Å². The van der Waals surface area contributed by atoms with Gasteiger partial charge in [-0.05, 0) is 37.5 Å². The fourth-order valence-corrected chi connectivity index (χ4v) is 3.67. The van der Waals surface area contributed by atoms with Crippen LogP contribution in [0.3, 0.4) is 0 Å². The normalized spacial score (nSPS) is 14.5.